The van der Waals surface area contributed by atoms with Crippen LogP contribution in [0.1, 0.15) is 26.7 Å². The second-order valence-electron chi connectivity index (χ2n) is 4.61. The van der Waals surface area contributed by atoms with Crippen molar-refractivity contribution in [2.45, 2.75) is 38.0 Å². The molecule has 1 aliphatic heterocycles. The van der Waals surface area contributed by atoms with Crippen LogP contribution in [0.2, 0.25) is 5.02 Å². The Labute approximate surface area is 118 Å². The molecule has 2 rings (SSSR count). The van der Waals surface area contributed by atoms with Crippen LogP contribution in [0.4, 0.5) is 5.69 Å². The Balaban J connectivity index is 1.99. The third-order valence-corrected chi connectivity index (χ3v) is 4.74. The molecule has 2 unspecified atom stereocenters. The first-order chi connectivity index (χ1) is 8.70. The van der Waals surface area contributed by atoms with Crippen molar-refractivity contribution in [1.29, 1.82) is 0 Å². The molecule has 0 saturated carbocycles. The number of benzene rings is 1. The first-order valence-corrected chi connectivity index (χ1v) is 7.94. The highest BCUT2D eigenvalue weighted by molar-refractivity contribution is 8.00. The zero-order valence-corrected chi connectivity index (χ0v) is 12.5. The monoisotopic (exact) mass is 285 g/mol. The molecule has 1 aromatic carbocycles. The van der Waals surface area contributed by atoms with E-state index in [0.717, 1.165) is 17.9 Å². The number of nitrogens with one attached hydrogen (secondary N) is 1. The Morgan fingerprint density at radius 1 is 1.50 bits per heavy atom. The molecule has 1 heterocycles. The van der Waals surface area contributed by atoms with Crippen LogP contribution in [-0.4, -0.2) is 23.7 Å². The summed E-state index contributed by atoms with van der Waals surface area (Å²) >= 11 is 8.24. The SMILES string of the molecule is CCCOc1ccc(NC2CCSC2C)cc1Cl. The lowest BCUT2D eigenvalue weighted by Gasteiger charge is -2.18. The van der Waals surface area contributed by atoms with Gasteiger partial charge in [-0.2, -0.15) is 11.8 Å². The van der Waals surface area contributed by atoms with Crippen molar-refractivity contribution in [3.8, 4) is 5.75 Å². The van der Waals surface area contributed by atoms with Crippen molar-refractivity contribution in [1.82, 2.24) is 0 Å². The molecule has 1 saturated heterocycles. The second kappa shape index (κ2) is 6.58. The van der Waals surface area contributed by atoms with E-state index in [4.69, 9.17) is 16.3 Å². The molecule has 0 bridgehead atoms. The first kappa shape index (κ1) is 13.9. The van der Waals surface area contributed by atoms with Crippen molar-refractivity contribution in [3.63, 3.8) is 0 Å². The Bertz CT molecular complexity index is 399. The molecule has 2 atom stereocenters. The van der Waals surface area contributed by atoms with Gasteiger partial charge >= 0.3 is 0 Å². The van der Waals surface area contributed by atoms with Crippen LogP contribution in [0.15, 0.2) is 18.2 Å². The third-order valence-electron chi connectivity index (χ3n) is 3.12. The van der Waals surface area contributed by atoms with Crippen molar-refractivity contribution < 1.29 is 4.74 Å². The Morgan fingerprint density at radius 2 is 2.33 bits per heavy atom. The van der Waals surface area contributed by atoms with Crippen LogP contribution < -0.4 is 10.1 Å². The van der Waals surface area contributed by atoms with Gasteiger partial charge in [-0.05, 0) is 36.8 Å². The molecule has 2 nitrogen and oxygen atoms in total. The summed E-state index contributed by atoms with van der Waals surface area (Å²) in [6.07, 6.45) is 2.21. The molecule has 0 radical (unpaired) electrons. The van der Waals surface area contributed by atoms with Crippen LogP contribution in [0.3, 0.4) is 0 Å². The van der Waals surface area contributed by atoms with Crippen LogP contribution in [0.5, 0.6) is 5.75 Å². The van der Waals surface area contributed by atoms with Gasteiger partial charge in [0, 0.05) is 17.0 Å². The van der Waals surface area contributed by atoms with E-state index >= 15 is 0 Å². The molecule has 1 aromatic rings. The van der Waals surface area contributed by atoms with E-state index in [2.05, 4.69) is 19.2 Å². The van der Waals surface area contributed by atoms with Crippen LogP contribution in [-0.2, 0) is 0 Å². The fraction of sp³-hybridized carbons (Fsp3) is 0.571. The number of ether oxygens (including phenoxy) is 1. The standard InChI is InChI=1S/C14H20ClNOS/c1-3-7-17-14-5-4-11(9-12(14)15)16-13-6-8-18-10(13)2/h4-5,9-10,13,16H,3,6-8H2,1-2H3. The number of thioether (sulfide) groups is 1. The predicted molar refractivity (Wildman–Crippen MR) is 81.2 cm³/mol. The van der Waals surface area contributed by atoms with Gasteiger partial charge in [0.1, 0.15) is 5.75 Å². The van der Waals surface area contributed by atoms with Crippen molar-refractivity contribution in [3.05, 3.63) is 23.2 Å². The molecular weight excluding hydrogens is 266 g/mol. The highest BCUT2D eigenvalue weighted by atomic mass is 35.5. The fourth-order valence-corrected chi connectivity index (χ4v) is 3.49. The van der Waals surface area contributed by atoms with Gasteiger partial charge in [-0.3, -0.25) is 0 Å². The molecule has 0 aliphatic carbocycles. The van der Waals surface area contributed by atoms with Crippen molar-refractivity contribution >= 4 is 29.1 Å². The lowest BCUT2D eigenvalue weighted by atomic mass is 10.1. The molecular formula is C14H20ClNOS. The van der Waals surface area contributed by atoms with Crippen molar-refractivity contribution in [2.24, 2.45) is 0 Å². The molecule has 1 N–H and O–H groups in total. The van der Waals surface area contributed by atoms with Gasteiger partial charge < -0.3 is 10.1 Å². The zero-order valence-electron chi connectivity index (χ0n) is 10.9. The first-order valence-electron chi connectivity index (χ1n) is 6.51. The second-order valence-corrected chi connectivity index (χ2v) is 6.50. The Morgan fingerprint density at radius 3 is 2.94 bits per heavy atom. The quantitative estimate of drug-likeness (QED) is 0.864. The largest absolute Gasteiger partial charge is 0.492 e. The molecule has 0 aromatic heterocycles. The number of halogens is 1. The number of rotatable bonds is 5. The molecule has 100 valence electrons. The summed E-state index contributed by atoms with van der Waals surface area (Å²) in [4.78, 5) is 0. The van der Waals surface area contributed by atoms with E-state index in [-0.39, 0.29) is 0 Å². The number of hydrogen-bond acceptors (Lipinski definition) is 3. The Kier molecular flexibility index (Phi) is 5.07. The van der Waals surface area contributed by atoms with Gasteiger partial charge in [0.2, 0.25) is 0 Å². The summed E-state index contributed by atoms with van der Waals surface area (Å²) in [5.74, 6) is 2.02. The molecule has 4 heteroatoms. The van der Waals surface area contributed by atoms with E-state index in [1.165, 1.54) is 12.2 Å². The van der Waals surface area contributed by atoms with Crippen molar-refractivity contribution in [2.75, 3.05) is 17.7 Å². The number of anilines is 1. The molecule has 0 amide bonds. The molecule has 1 aliphatic rings. The molecule has 0 spiro atoms. The van der Waals surface area contributed by atoms with E-state index in [1.807, 2.05) is 30.0 Å². The summed E-state index contributed by atoms with van der Waals surface area (Å²) in [5.41, 5.74) is 1.09. The van der Waals surface area contributed by atoms with Crippen LogP contribution >= 0.6 is 23.4 Å². The zero-order chi connectivity index (χ0) is 13.0. The normalized spacial score (nSPS) is 23.1. The highest BCUT2D eigenvalue weighted by Crippen LogP contribution is 2.32. The average molecular weight is 286 g/mol. The maximum atomic E-state index is 6.22. The number of hydrogen-bond donors (Lipinski definition) is 1. The van der Waals surface area contributed by atoms with Gasteiger partial charge in [0.25, 0.3) is 0 Å². The minimum atomic E-state index is 0.550. The summed E-state index contributed by atoms with van der Waals surface area (Å²) in [6.45, 7) is 5.07. The molecule has 18 heavy (non-hydrogen) atoms. The van der Waals surface area contributed by atoms with Crippen LogP contribution in [0, 0.1) is 0 Å². The maximum Gasteiger partial charge on any atom is 0.138 e. The summed E-state index contributed by atoms with van der Waals surface area (Å²) in [7, 11) is 0. The fourth-order valence-electron chi connectivity index (χ4n) is 2.06. The minimum absolute atomic E-state index is 0.550. The van der Waals surface area contributed by atoms with Gasteiger partial charge in [-0.15, -0.1) is 0 Å². The van der Waals surface area contributed by atoms with Gasteiger partial charge in [-0.1, -0.05) is 25.4 Å². The van der Waals surface area contributed by atoms with Crippen LogP contribution in [0.25, 0.3) is 0 Å². The highest BCUT2D eigenvalue weighted by Gasteiger charge is 2.23. The lowest BCUT2D eigenvalue weighted by Crippen LogP contribution is -2.24. The smallest absolute Gasteiger partial charge is 0.138 e. The topological polar surface area (TPSA) is 21.3 Å². The summed E-state index contributed by atoms with van der Waals surface area (Å²) in [6, 6.07) is 6.51. The van der Waals surface area contributed by atoms with E-state index in [9.17, 15) is 0 Å². The lowest BCUT2D eigenvalue weighted by molar-refractivity contribution is 0.317. The molecule has 1 fully saturated rings. The average Bonchev–Trinajstić information content (AvgIpc) is 2.74. The van der Waals surface area contributed by atoms with Gasteiger partial charge in [0.15, 0.2) is 0 Å². The summed E-state index contributed by atoms with van der Waals surface area (Å²) < 4.78 is 5.57. The van der Waals surface area contributed by atoms with E-state index < -0.39 is 0 Å². The maximum absolute atomic E-state index is 6.22. The predicted octanol–water partition coefficient (Wildman–Crippen LogP) is 4.43. The van der Waals surface area contributed by atoms with E-state index in [0.29, 0.717) is 22.9 Å². The summed E-state index contributed by atoms with van der Waals surface area (Å²) in [5, 5.41) is 4.91. The van der Waals surface area contributed by atoms with Gasteiger partial charge in [0.05, 0.1) is 11.6 Å². The Hall–Kier alpha value is -0.540. The van der Waals surface area contributed by atoms with Gasteiger partial charge in [-0.25, -0.2) is 0 Å². The third kappa shape index (κ3) is 3.48. The van der Waals surface area contributed by atoms with E-state index in [1.54, 1.807) is 0 Å². The minimum Gasteiger partial charge on any atom is -0.492 e.